The van der Waals surface area contributed by atoms with Crippen molar-refractivity contribution >= 4 is 38.3 Å². The molecule has 1 amide bonds. The highest BCUT2D eigenvalue weighted by molar-refractivity contribution is 7.22. The lowest BCUT2D eigenvalue weighted by Gasteiger charge is -2.27. The number of fused-ring (bicyclic) bond motifs is 1. The van der Waals surface area contributed by atoms with Crippen molar-refractivity contribution in [1.29, 1.82) is 0 Å². The molecule has 0 atom stereocenters. The molecule has 0 aliphatic carbocycles. The number of nitro benzene ring substituents is 1. The maximum atomic E-state index is 13.4. The first-order valence-corrected chi connectivity index (χ1v) is 11.9. The van der Waals surface area contributed by atoms with Crippen molar-refractivity contribution in [2.75, 3.05) is 44.3 Å². The van der Waals surface area contributed by atoms with Crippen LogP contribution in [0.15, 0.2) is 36.4 Å². The number of nitrogens with zero attached hydrogens (tertiary/aromatic N) is 4. The lowest BCUT2D eigenvalue weighted by molar-refractivity contribution is -0.384. The van der Waals surface area contributed by atoms with E-state index in [0.717, 1.165) is 60.6 Å². The second-order valence-electron chi connectivity index (χ2n) is 8.30. The molecule has 8 nitrogen and oxygen atoms in total. The van der Waals surface area contributed by atoms with E-state index in [0.29, 0.717) is 11.7 Å². The smallest absolute Gasteiger partial charge is 0.269 e. The molecule has 33 heavy (non-hydrogen) atoms. The third-order valence-corrected chi connectivity index (χ3v) is 7.11. The van der Waals surface area contributed by atoms with Gasteiger partial charge in [-0.25, -0.2) is 4.98 Å². The molecule has 0 bridgehead atoms. The van der Waals surface area contributed by atoms with Crippen LogP contribution in [0.1, 0.15) is 23.1 Å². The van der Waals surface area contributed by atoms with Crippen molar-refractivity contribution in [3.05, 3.63) is 63.2 Å². The Morgan fingerprint density at radius 2 is 1.91 bits per heavy atom. The van der Waals surface area contributed by atoms with Gasteiger partial charge in [0.2, 0.25) is 5.91 Å². The number of aromatic nitrogens is 1. The molecule has 0 spiro atoms. The van der Waals surface area contributed by atoms with Gasteiger partial charge >= 0.3 is 0 Å². The van der Waals surface area contributed by atoms with Crippen LogP contribution in [0.2, 0.25) is 0 Å². The quantitative estimate of drug-likeness (QED) is 0.365. The number of morpholine rings is 1. The van der Waals surface area contributed by atoms with Gasteiger partial charge in [0.15, 0.2) is 5.13 Å². The molecule has 1 aliphatic heterocycles. The molecule has 4 rings (SSSR count). The zero-order chi connectivity index (χ0) is 23.4. The third kappa shape index (κ3) is 5.55. The minimum absolute atomic E-state index is 0.0191. The lowest BCUT2D eigenvalue weighted by atomic mass is 10.1. The second-order valence-corrected chi connectivity index (χ2v) is 9.31. The molecule has 1 aromatic heterocycles. The van der Waals surface area contributed by atoms with E-state index >= 15 is 0 Å². The number of hydrogen-bond donors (Lipinski definition) is 0. The summed E-state index contributed by atoms with van der Waals surface area (Å²) < 4.78 is 6.49. The summed E-state index contributed by atoms with van der Waals surface area (Å²) in [7, 11) is 0. The number of hydrogen-bond acceptors (Lipinski definition) is 7. The molecular formula is C24H28N4O4S. The molecule has 2 aromatic carbocycles. The first-order valence-electron chi connectivity index (χ1n) is 11.1. The molecule has 2 heterocycles. The number of anilines is 1. The van der Waals surface area contributed by atoms with Crippen LogP contribution in [-0.4, -0.2) is 60.1 Å². The zero-order valence-electron chi connectivity index (χ0n) is 19.0. The number of benzene rings is 2. The Kier molecular flexibility index (Phi) is 7.32. The molecule has 9 heteroatoms. The predicted octanol–water partition coefficient (Wildman–Crippen LogP) is 4.12. The number of aryl methyl sites for hydroxylation is 2. The Morgan fingerprint density at radius 3 is 2.61 bits per heavy atom. The van der Waals surface area contributed by atoms with Crippen LogP contribution < -0.4 is 4.90 Å². The third-order valence-electron chi connectivity index (χ3n) is 6.07. The summed E-state index contributed by atoms with van der Waals surface area (Å²) >= 11 is 1.53. The van der Waals surface area contributed by atoms with Gasteiger partial charge in [-0.1, -0.05) is 29.5 Å². The highest BCUT2D eigenvalue weighted by atomic mass is 32.1. The normalized spacial score (nSPS) is 14.5. The summed E-state index contributed by atoms with van der Waals surface area (Å²) in [6.07, 6.45) is 1.00. The van der Waals surface area contributed by atoms with E-state index < -0.39 is 4.92 Å². The maximum absolute atomic E-state index is 13.4. The Hall–Kier alpha value is -2.88. The van der Waals surface area contributed by atoms with Crippen molar-refractivity contribution in [3.63, 3.8) is 0 Å². The van der Waals surface area contributed by atoms with Crippen molar-refractivity contribution in [2.45, 2.75) is 26.7 Å². The number of thiazole rings is 1. The monoisotopic (exact) mass is 468 g/mol. The number of carbonyl (C=O) groups excluding carboxylic acids is 1. The molecule has 1 aliphatic rings. The highest BCUT2D eigenvalue weighted by Crippen LogP contribution is 2.32. The number of ether oxygens (including phenoxy) is 1. The van der Waals surface area contributed by atoms with Crippen molar-refractivity contribution in [3.8, 4) is 0 Å². The van der Waals surface area contributed by atoms with E-state index in [-0.39, 0.29) is 18.0 Å². The lowest BCUT2D eigenvalue weighted by Crippen LogP contribution is -2.39. The summed E-state index contributed by atoms with van der Waals surface area (Å²) in [4.78, 5) is 32.8. The van der Waals surface area contributed by atoms with Gasteiger partial charge in [-0.15, -0.1) is 0 Å². The van der Waals surface area contributed by atoms with Gasteiger partial charge in [0.25, 0.3) is 5.69 Å². The Morgan fingerprint density at radius 1 is 1.18 bits per heavy atom. The van der Waals surface area contributed by atoms with Gasteiger partial charge < -0.3 is 4.74 Å². The molecule has 0 radical (unpaired) electrons. The number of nitro groups is 1. The molecule has 1 fully saturated rings. The maximum Gasteiger partial charge on any atom is 0.269 e. The predicted molar refractivity (Wildman–Crippen MR) is 130 cm³/mol. The van der Waals surface area contributed by atoms with Crippen LogP contribution in [0.5, 0.6) is 0 Å². The van der Waals surface area contributed by atoms with Crippen molar-refractivity contribution < 1.29 is 14.5 Å². The highest BCUT2D eigenvalue weighted by Gasteiger charge is 2.22. The van der Waals surface area contributed by atoms with Crippen LogP contribution in [0.4, 0.5) is 10.8 Å². The van der Waals surface area contributed by atoms with Crippen LogP contribution in [0, 0.1) is 24.0 Å². The van der Waals surface area contributed by atoms with Gasteiger partial charge in [0.05, 0.1) is 34.8 Å². The fraction of sp³-hybridized carbons (Fsp3) is 0.417. The summed E-state index contributed by atoms with van der Waals surface area (Å²) in [5, 5.41) is 11.6. The fourth-order valence-corrected chi connectivity index (χ4v) is 5.01. The largest absolute Gasteiger partial charge is 0.379 e. The zero-order valence-corrected chi connectivity index (χ0v) is 19.8. The van der Waals surface area contributed by atoms with Gasteiger partial charge in [0, 0.05) is 38.3 Å². The van der Waals surface area contributed by atoms with Gasteiger partial charge in [-0.3, -0.25) is 24.7 Å². The second kappa shape index (κ2) is 10.4. The van der Waals surface area contributed by atoms with E-state index in [4.69, 9.17) is 9.72 Å². The van der Waals surface area contributed by atoms with Crippen molar-refractivity contribution in [1.82, 2.24) is 9.88 Å². The molecule has 0 saturated carbocycles. The van der Waals surface area contributed by atoms with E-state index in [1.54, 1.807) is 17.0 Å². The summed E-state index contributed by atoms with van der Waals surface area (Å²) in [6.45, 7) is 8.91. The molecule has 0 N–H and O–H groups in total. The van der Waals surface area contributed by atoms with Crippen LogP contribution in [-0.2, 0) is 16.0 Å². The van der Waals surface area contributed by atoms with E-state index in [2.05, 4.69) is 30.9 Å². The Balaban J connectivity index is 1.54. The topological polar surface area (TPSA) is 88.8 Å². The fourth-order valence-electron chi connectivity index (χ4n) is 3.94. The van der Waals surface area contributed by atoms with Crippen LogP contribution >= 0.6 is 11.3 Å². The van der Waals surface area contributed by atoms with Crippen molar-refractivity contribution in [2.24, 2.45) is 0 Å². The minimum atomic E-state index is -0.436. The Bertz CT molecular complexity index is 1140. The number of rotatable bonds is 8. The molecule has 3 aromatic rings. The minimum Gasteiger partial charge on any atom is -0.379 e. The standard InChI is InChI=1S/C24H28N4O4S/c1-17-4-9-21-23(18(17)2)25-24(33-21)27(11-3-10-26-12-14-32-15-13-26)22(29)16-19-5-7-20(8-6-19)28(30)31/h4-9H,3,10-16H2,1-2H3. The van der Waals surface area contributed by atoms with Crippen LogP contribution in [0.25, 0.3) is 10.2 Å². The van der Waals surface area contributed by atoms with E-state index in [9.17, 15) is 14.9 Å². The number of non-ortho nitro benzene ring substituents is 1. The molecule has 1 saturated heterocycles. The number of amides is 1. The SMILES string of the molecule is Cc1ccc2sc(N(CCCN3CCOCC3)C(=O)Cc3ccc([N+](=O)[O-])cc3)nc2c1C. The first kappa shape index (κ1) is 23.3. The summed E-state index contributed by atoms with van der Waals surface area (Å²) in [6, 6.07) is 10.3. The van der Waals surface area contributed by atoms with E-state index in [1.807, 2.05) is 0 Å². The van der Waals surface area contributed by atoms with Gasteiger partial charge in [0.1, 0.15) is 0 Å². The summed E-state index contributed by atoms with van der Waals surface area (Å²) in [5.41, 5.74) is 4.01. The average molecular weight is 469 g/mol. The van der Waals surface area contributed by atoms with E-state index in [1.165, 1.54) is 29.0 Å². The number of carbonyl (C=O) groups is 1. The van der Waals surface area contributed by atoms with Crippen LogP contribution in [0.3, 0.4) is 0 Å². The molecule has 174 valence electrons. The summed E-state index contributed by atoms with van der Waals surface area (Å²) in [5.74, 6) is -0.0562. The Labute approximate surface area is 196 Å². The molecular weight excluding hydrogens is 440 g/mol. The average Bonchev–Trinajstić information content (AvgIpc) is 3.25. The first-order chi connectivity index (χ1) is 15.9. The van der Waals surface area contributed by atoms with Gasteiger partial charge in [-0.05, 0) is 43.0 Å². The molecule has 0 unspecified atom stereocenters. The van der Waals surface area contributed by atoms with Gasteiger partial charge in [-0.2, -0.15) is 0 Å².